The summed E-state index contributed by atoms with van der Waals surface area (Å²) in [6.07, 6.45) is -0.0865. The average Bonchev–Trinajstić information content (AvgIpc) is 3.20. The standard InChI is InChI=1S/C23H22N2O4/c1-22(2,3)19-21(28)29-23(24-19,15-10-6-4-7-11-15)17-14-18(26)25(20(17)27)16-12-8-5-9-13-16/h4-13,17H,14H2,1-3H3. The van der Waals surface area contributed by atoms with Gasteiger partial charge in [0.25, 0.3) is 0 Å². The molecule has 0 aromatic heterocycles. The smallest absolute Gasteiger partial charge is 0.355 e. The second-order valence-corrected chi connectivity index (χ2v) is 8.32. The van der Waals surface area contributed by atoms with E-state index in [2.05, 4.69) is 4.99 Å². The van der Waals surface area contributed by atoms with Crippen LogP contribution in [0.15, 0.2) is 65.7 Å². The minimum atomic E-state index is -1.54. The normalized spacial score (nSPS) is 24.7. The number of ether oxygens (including phenoxy) is 1. The number of imide groups is 1. The van der Waals surface area contributed by atoms with Gasteiger partial charge in [-0.05, 0) is 12.1 Å². The number of aliphatic imine (C=N–C) groups is 1. The van der Waals surface area contributed by atoms with Crippen LogP contribution in [0.5, 0.6) is 0 Å². The molecule has 2 heterocycles. The van der Waals surface area contributed by atoms with Crippen molar-refractivity contribution in [2.45, 2.75) is 32.9 Å². The average molecular weight is 390 g/mol. The molecule has 0 aliphatic carbocycles. The third-order valence-corrected chi connectivity index (χ3v) is 5.25. The predicted molar refractivity (Wildman–Crippen MR) is 108 cm³/mol. The van der Waals surface area contributed by atoms with Gasteiger partial charge < -0.3 is 4.74 Å². The lowest BCUT2D eigenvalue weighted by Gasteiger charge is -2.30. The Bertz CT molecular complexity index is 1010. The van der Waals surface area contributed by atoms with Crippen LogP contribution >= 0.6 is 0 Å². The highest BCUT2D eigenvalue weighted by molar-refractivity contribution is 6.39. The second-order valence-electron chi connectivity index (χ2n) is 8.32. The maximum atomic E-state index is 13.4. The summed E-state index contributed by atoms with van der Waals surface area (Å²) in [6.45, 7) is 5.60. The first kappa shape index (κ1) is 19.1. The summed E-state index contributed by atoms with van der Waals surface area (Å²) in [7, 11) is 0. The summed E-state index contributed by atoms with van der Waals surface area (Å²) in [4.78, 5) is 44.8. The molecule has 148 valence electrons. The van der Waals surface area contributed by atoms with Crippen molar-refractivity contribution >= 4 is 29.2 Å². The number of cyclic esters (lactones) is 1. The van der Waals surface area contributed by atoms with Gasteiger partial charge in [0, 0.05) is 17.4 Å². The molecule has 2 aromatic rings. The van der Waals surface area contributed by atoms with E-state index in [9.17, 15) is 14.4 Å². The number of amides is 2. The van der Waals surface area contributed by atoms with Gasteiger partial charge in [-0.25, -0.2) is 9.79 Å². The number of hydrogen-bond acceptors (Lipinski definition) is 5. The maximum Gasteiger partial charge on any atom is 0.355 e. The van der Waals surface area contributed by atoms with Crippen molar-refractivity contribution in [3.05, 3.63) is 66.2 Å². The van der Waals surface area contributed by atoms with Crippen LogP contribution in [-0.4, -0.2) is 23.5 Å². The highest BCUT2D eigenvalue weighted by atomic mass is 16.6. The predicted octanol–water partition coefficient (Wildman–Crippen LogP) is 3.46. The maximum absolute atomic E-state index is 13.4. The molecule has 0 bridgehead atoms. The first-order valence-electron chi connectivity index (χ1n) is 9.55. The van der Waals surface area contributed by atoms with Crippen LogP contribution in [0, 0.1) is 11.3 Å². The fourth-order valence-electron chi connectivity index (χ4n) is 3.83. The van der Waals surface area contributed by atoms with E-state index in [1.54, 1.807) is 48.5 Å². The molecule has 0 spiro atoms. The van der Waals surface area contributed by atoms with E-state index in [1.165, 1.54) is 0 Å². The lowest BCUT2D eigenvalue weighted by Crippen LogP contribution is -2.40. The van der Waals surface area contributed by atoms with E-state index in [0.29, 0.717) is 11.3 Å². The Hall–Kier alpha value is -3.28. The van der Waals surface area contributed by atoms with Gasteiger partial charge in [0.1, 0.15) is 11.6 Å². The Morgan fingerprint density at radius 1 is 0.966 bits per heavy atom. The number of carbonyl (C=O) groups is 3. The van der Waals surface area contributed by atoms with Gasteiger partial charge in [0.2, 0.25) is 17.5 Å². The molecule has 2 atom stereocenters. The van der Waals surface area contributed by atoms with Crippen LogP contribution in [0.25, 0.3) is 0 Å². The summed E-state index contributed by atoms with van der Waals surface area (Å²) >= 11 is 0. The molecule has 0 N–H and O–H groups in total. The highest BCUT2D eigenvalue weighted by Crippen LogP contribution is 2.47. The molecule has 2 unspecified atom stereocenters. The summed E-state index contributed by atoms with van der Waals surface area (Å²) in [5.41, 5.74) is -0.763. The summed E-state index contributed by atoms with van der Waals surface area (Å²) in [6, 6.07) is 17.7. The van der Waals surface area contributed by atoms with E-state index in [-0.39, 0.29) is 18.0 Å². The van der Waals surface area contributed by atoms with Crippen molar-refractivity contribution in [2.75, 3.05) is 4.90 Å². The van der Waals surface area contributed by atoms with Gasteiger partial charge in [0.15, 0.2) is 0 Å². The zero-order valence-electron chi connectivity index (χ0n) is 16.6. The highest BCUT2D eigenvalue weighted by Gasteiger charge is 2.59. The minimum Gasteiger partial charge on any atom is -0.427 e. The Morgan fingerprint density at radius 3 is 2.10 bits per heavy atom. The van der Waals surface area contributed by atoms with Crippen molar-refractivity contribution < 1.29 is 19.1 Å². The largest absolute Gasteiger partial charge is 0.427 e. The van der Waals surface area contributed by atoms with E-state index in [0.717, 1.165) is 4.90 Å². The molecule has 1 fully saturated rings. The molecular formula is C23H22N2O4. The van der Waals surface area contributed by atoms with Crippen LogP contribution in [0.3, 0.4) is 0 Å². The molecule has 2 aliphatic heterocycles. The van der Waals surface area contributed by atoms with E-state index >= 15 is 0 Å². The lowest BCUT2D eigenvalue weighted by molar-refractivity contribution is -0.156. The number of para-hydroxylation sites is 1. The summed E-state index contributed by atoms with van der Waals surface area (Å²) in [5, 5.41) is 0. The lowest BCUT2D eigenvalue weighted by atomic mass is 9.86. The molecule has 2 amide bonds. The molecule has 0 radical (unpaired) electrons. The third kappa shape index (κ3) is 3.05. The van der Waals surface area contributed by atoms with E-state index < -0.39 is 28.9 Å². The van der Waals surface area contributed by atoms with Crippen molar-refractivity contribution in [3.8, 4) is 0 Å². The number of carbonyl (C=O) groups excluding carboxylic acids is 3. The van der Waals surface area contributed by atoms with Gasteiger partial charge >= 0.3 is 5.97 Å². The molecule has 1 saturated heterocycles. The van der Waals surface area contributed by atoms with Gasteiger partial charge in [-0.15, -0.1) is 0 Å². The topological polar surface area (TPSA) is 76.0 Å². The Balaban J connectivity index is 1.84. The number of benzene rings is 2. The molecule has 29 heavy (non-hydrogen) atoms. The number of rotatable bonds is 3. The van der Waals surface area contributed by atoms with Crippen molar-refractivity contribution in [1.82, 2.24) is 0 Å². The Morgan fingerprint density at radius 2 is 1.55 bits per heavy atom. The zero-order valence-corrected chi connectivity index (χ0v) is 16.6. The summed E-state index contributed by atoms with van der Waals surface area (Å²) < 4.78 is 5.82. The third-order valence-electron chi connectivity index (χ3n) is 5.25. The van der Waals surface area contributed by atoms with Gasteiger partial charge in [0.05, 0.1) is 5.69 Å². The first-order chi connectivity index (χ1) is 13.7. The summed E-state index contributed by atoms with van der Waals surface area (Å²) in [5.74, 6) is -2.24. The molecule has 2 aromatic carbocycles. The molecular weight excluding hydrogens is 368 g/mol. The fraction of sp³-hybridized carbons (Fsp3) is 0.304. The Kier molecular flexibility index (Phi) is 4.37. The van der Waals surface area contributed by atoms with Gasteiger partial charge in [-0.3, -0.25) is 14.5 Å². The van der Waals surface area contributed by atoms with Crippen molar-refractivity contribution in [1.29, 1.82) is 0 Å². The Labute approximate surface area is 169 Å². The van der Waals surface area contributed by atoms with Crippen LogP contribution in [0.1, 0.15) is 32.8 Å². The molecule has 2 aliphatic rings. The van der Waals surface area contributed by atoms with Gasteiger partial charge in [-0.1, -0.05) is 69.3 Å². The fourth-order valence-corrected chi connectivity index (χ4v) is 3.83. The minimum absolute atomic E-state index is 0.0865. The van der Waals surface area contributed by atoms with Crippen LogP contribution < -0.4 is 4.90 Å². The van der Waals surface area contributed by atoms with Crippen molar-refractivity contribution in [2.24, 2.45) is 16.3 Å². The number of anilines is 1. The number of esters is 1. The van der Waals surface area contributed by atoms with Crippen LogP contribution in [0.2, 0.25) is 0 Å². The van der Waals surface area contributed by atoms with Crippen LogP contribution in [-0.2, 0) is 24.8 Å². The second kappa shape index (κ2) is 6.65. The quantitative estimate of drug-likeness (QED) is 0.594. The molecule has 6 nitrogen and oxygen atoms in total. The monoisotopic (exact) mass is 390 g/mol. The first-order valence-corrected chi connectivity index (χ1v) is 9.55. The molecule has 4 rings (SSSR count). The number of nitrogens with zero attached hydrogens (tertiary/aromatic N) is 2. The van der Waals surface area contributed by atoms with Crippen molar-refractivity contribution in [3.63, 3.8) is 0 Å². The SMILES string of the molecule is CC(C)(C)C1=NC(c2ccccc2)(C2CC(=O)N(c3ccccc3)C2=O)OC1=O. The molecule has 6 heteroatoms. The van der Waals surface area contributed by atoms with Crippen LogP contribution in [0.4, 0.5) is 5.69 Å². The number of hydrogen-bond donors (Lipinski definition) is 0. The molecule has 0 saturated carbocycles. The van der Waals surface area contributed by atoms with E-state index in [4.69, 9.17) is 4.74 Å². The van der Waals surface area contributed by atoms with Gasteiger partial charge in [-0.2, -0.15) is 0 Å². The zero-order chi connectivity index (χ0) is 20.8. The van der Waals surface area contributed by atoms with E-state index in [1.807, 2.05) is 32.9 Å².